The van der Waals surface area contributed by atoms with Crippen LogP contribution < -0.4 is 4.74 Å². The largest absolute Gasteiger partial charge is 0.484 e. The van der Waals surface area contributed by atoms with Gasteiger partial charge in [-0.05, 0) is 38.3 Å². The highest BCUT2D eigenvalue weighted by Gasteiger charge is 2.31. The number of pyridine rings is 1. The van der Waals surface area contributed by atoms with E-state index in [-0.39, 0.29) is 18.6 Å². The Balaban J connectivity index is 1.43. The van der Waals surface area contributed by atoms with Crippen LogP contribution in [0.2, 0.25) is 0 Å². The Kier molecular flexibility index (Phi) is 5.15. The Morgan fingerprint density at radius 1 is 1.37 bits per heavy atom. The number of piperidine rings is 1. The van der Waals surface area contributed by atoms with Crippen LogP contribution in [0, 0.1) is 6.92 Å². The first-order valence-corrected chi connectivity index (χ1v) is 9.80. The molecule has 7 nitrogen and oxygen atoms in total. The van der Waals surface area contributed by atoms with Crippen LogP contribution in [0.15, 0.2) is 40.5 Å². The highest BCUT2D eigenvalue weighted by molar-refractivity contribution is 7.09. The lowest BCUT2D eigenvalue weighted by Gasteiger charge is -2.33. The standard InChI is InChI=1S/C19H20N4O3S/c1-13-5-6-14(11-21-13)25-12-15-10-16(22-26-15)19(24)23-8-3-2-4-17(23)18-20-7-9-27-18/h5-7,9-11,17H,2-4,8,12H2,1H3/t17-/m0/s1. The van der Waals surface area contributed by atoms with Gasteiger partial charge in [-0.15, -0.1) is 11.3 Å². The summed E-state index contributed by atoms with van der Waals surface area (Å²) in [5.41, 5.74) is 1.23. The lowest BCUT2D eigenvalue weighted by Crippen LogP contribution is -2.38. The Morgan fingerprint density at radius 3 is 3.07 bits per heavy atom. The van der Waals surface area contributed by atoms with Gasteiger partial charge in [0.05, 0.1) is 12.2 Å². The molecule has 1 aliphatic rings. The zero-order valence-corrected chi connectivity index (χ0v) is 15.8. The van der Waals surface area contributed by atoms with E-state index in [4.69, 9.17) is 9.26 Å². The number of rotatable bonds is 5. The zero-order valence-electron chi connectivity index (χ0n) is 15.0. The molecule has 0 aliphatic carbocycles. The molecule has 0 saturated carbocycles. The van der Waals surface area contributed by atoms with Crippen molar-refractivity contribution in [1.29, 1.82) is 0 Å². The molecular formula is C19H20N4O3S. The van der Waals surface area contributed by atoms with Crippen molar-refractivity contribution in [1.82, 2.24) is 20.0 Å². The summed E-state index contributed by atoms with van der Waals surface area (Å²) in [5.74, 6) is 1.02. The Labute approximate surface area is 161 Å². The van der Waals surface area contributed by atoms with Crippen molar-refractivity contribution in [2.75, 3.05) is 6.54 Å². The van der Waals surface area contributed by atoms with E-state index in [0.717, 1.165) is 30.0 Å². The average Bonchev–Trinajstić information content (AvgIpc) is 3.39. The van der Waals surface area contributed by atoms with E-state index in [0.29, 0.717) is 23.7 Å². The molecule has 0 bridgehead atoms. The monoisotopic (exact) mass is 384 g/mol. The molecule has 3 aromatic heterocycles. The second-order valence-corrected chi connectivity index (χ2v) is 7.41. The van der Waals surface area contributed by atoms with Crippen molar-refractivity contribution in [3.8, 4) is 5.75 Å². The van der Waals surface area contributed by atoms with Gasteiger partial charge in [-0.2, -0.15) is 0 Å². The Morgan fingerprint density at radius 2 is 2.30 bits per heavy atom. The summed E-state index contributed by atoms with van der Waals surface area (Å²) in [5, 5.41) is 6.87. The van der Waals surface area contributed by atoms with Crippen LogP contribution in [-0.4, -0.2) is 32.5 Å². The van der Waals surface area contributed by atoms with E-state index >= 15 is 0 Å². The van der Waals surface area contributed by atoms with Gasteiger partial charge in [0.15, 0.2) is 11.5 Å². The molecule has 1 fully saturated rings. The fraction of sp³-hybridized carbons (Fsp3) is 0.368. The highest BCUT2D eigenvalue weighted by Crippen LogP contribution is 2.33. The minimum atomic E-state index is -0.123. The van der Waals surface area contributed by atoms with Crippen molar-refractivity contribution in [2.45, 2.75) is 38.8 Å². The fourth-order valence-corrected chi connectivity index (χ4v) is 3.94. The molecule has 140 valence electrons. The van der Waals surface area contributed by atoms with Gasteiger partial charge in [-0.3, -0.25) is 9.78 Å². The molecule has 0 unspecified atom stereocenters. The van der Waals surface area contributed by atoms with Crippen molar-refractivity contribution in [2.24, 2.45) is 0 Å². The molecule has 0 aromatic carbocycles. The van der Waals surface area contributed by atoms with Gasteiger partial charge in [0.25, 0.3) is 5.91 Å². The molecular weight excluding hydrogens is 364 g/mol. The molecule has 0 spiro atoms. The topological polar surface area (TPSA) is 81.4 Å². The van der Waals surface area contributed by atoms with Crippen LogP contribution in [0.5, 0.6) is 5.75 Å². The van der Waals surface area contributed by atoms with Crippen molar-refractivity contribution in [3.05, 3.63) is 58.1 Å². The van der Waals surface area contributed by atoms with E-state index in [1.807, 2.05) is 29.3 Å². The molecule has 8 heteroatoms. The van der Waals surface area contributed by atoms with Gasteiger partial charge in [0.1, 0.15) is 17.4 Å². The quantitative estimate of drug-likeness (QED) is 0.666. The molecule has 27 heavy (non-hydrogen) atoms. The van der Waals surface area contributed by atoms with E-state index in [2.05, 4.69) is 15.1 Å². The summed E-state index contributed by atoms with van der Waals surface area (Å²) in [6, 6.07) is 5.38. The van der Waals surface area contributed by atoms with Crippen molar-refractivity contribution >= 4 is 17.2 Å². The molecule has 3 aromatic rings. The van der Waals surface area contributed by atoms with Gasteiger partial charge in [0, 0.05) is 29.9 Å². The number of nitrogens with zero attached hydrogens (tertiary/aromatic N) is 4. The number of carbonyl (C=O) groups is 1. The molecule has 0 N–H and O–H groups in total. The van der Waals surface area contributed by atoms with Gasteiger partial charge < -0.3 is 14.2 Å². The van der Waals surface area contributed by atoms with Crippen LogP contribution in [0.1, 0.15) is 52.3 Å². The molecule has 4 heterocycles. The zero-order chi connectivity index (χ0) is 18.6. The van der Waals surface area contributed by atoms with Gasteiger partial charge in [-0.1, -0.05) is 5.16 Å². The third kappa shape index (κ3) is 4.00. The molecule has 1 aliphatic heterocycles. The molecule has 0 radical (unpaired) electrons. The van der Waals surface area contributed by atoms with Gasteiger partial charge >= 0.3 is 0 Å². The number of ether oxygens (including phenoxy) is 1. The van der Waals surface area contributed by atoms with Gasteiger partial charge in [-0.25, -0.2) is 4.98 Å². The van der Waals surface area contributed by atoms with Crippen LogP contribution in [0.4, 0.5) is 0 Å². The molecule has 1 atom stereocenters. The van der Waals surface area contributed by atoms with Crippen molar-refractivity contribution < 1.29 is 14.1 Å². The second kappa shape index (κ2) is 7.87. The minimum Gasteiger partial charge on any atom is -0.484 e. The predicted molar refractivity (Wildman–Crippen MR) is 99.6 cm³/mol. The highest BCUT2D eigenvalue weighted by atomic mass is 32.1. The summed E-state index contributed by atoms with van der Waals surface area (Å²) >= 11 is 1.58. The van der Waals surface area contributed by atoms with Crippen LogP contribution in [0.25, 0.3) is 0 Å². The average molecular weight is 384 g/mol. The van der Waals surface area contributed by atoms with E-state index in [1.54, 1.807) is 29.8 Å². The maximum absolute atomic E-state index is 13.0. The molecule has 1 saturated heterocycles. The first-order valence-electron chi connectivity index (χ1n) is 8.92. The van der Waals surface area contributed by atoms with Crippen LogP contribution >= 0.6 is 11.3 Å². The summed E-state index contributed by atoms with van der Waals surface area (Å²) < 4.78 is 10.9. The second-order valence-electron chi connectivity index (χ2n) is 6.48. The number of carbonyl (C=O) groups excluding carboxylic acids is 1. The third-order valence-electron chi connectivity index (χ3n) is 4.54. The molecule has 4 rings (SSSR count). The molecule has 1 amide bonds. The number of hydrogen-bond donors (Lipinski definition) is 0. The first-order chi connectivity index (χ1) is 13.2. The predicted octanol–water partition coefficient (Wildman–Crippen LogP) is 3.78. The van der Waals surface area contributed by atoms with E-state index in [9.17, 15) is 4.79 Å². The number of aryl methyl sites for hydroxylation is 1. The SMILES string of the molecule is Cc1ccc(OCc2cc(C(=O)N3CCCC[C@H]3c3nccs3)no2)cn1. The normalized spacial score (nSPS) is 17.1. The number of hydrogen-bond acceptors (Lipinski definition) is 7. The Bertz CT molecular complexity index is 892. The van der Waals surface area contributed by atoms with Crippen LogP contribution in [0.3, 0.4) is 0 Å². The lowest BCUT2D eigenvalue weighted by atomic mass is 10.0. The minimum absolute atomic E-state index is 0.0151. The summed E-state index contributed by atoms with van der Waals surface area (Å²) in [4.78, 5) is 23.4. The number of thiazole rings is 1. The third-order valence-corrected chi connectivity index (χ3v) is 5.42. The maximum atomic E-state index is 13.0. The van der Waals surface area contributed by atoms with E-state index in [1.165, 1.54) is 0 Å². The summed E-state index contributed by atoms with van der Waals surface area (Å²) in [7, 11) is 0. The first kappa shape index (κ1) is 17.7. The van der Waals surface area contributed by atoms with Crippen LogP contribution in [-0.2, 0) is 6.61 Å². The van der Waals surface area contributed by atoms with Gasteiger partial charge in [0.2, 0.25) is 0 Å². The Hall–Kier alpha value is -2.74. The fourth-order valence-electron chi connectivity index (χ4n) is 3.15. The summed E-state index contributed by atoms with van der Waals surface area (Å²) in [6.07, 6.45) is 6.44. The van der Waals surface area contributed by atoms with Crippen molar-refractivity contribution in [3.63, 3.8) is 0 Å². The summed E-state index contributed by atoms with van der Waals surface area (Å²) in [6.45, 7) is 2.81. The maximum Gasteiger partial charge on any atom is 0.276 e. The smallest absolute Gasteiger partial charge is 0.276 e. The number of aromatic nitrogens is 3. The number of likely N-dealkylation sites (tertiary alicyclic amines) is 1. The lowest BCUT2D eigenvalue weighted by molar-refractivity contribution is 0.0600. The van der Waals surface area contributed by atoms with E-state index < -0.39 is 0 Å². The number of amides is 1.